The molecule has 0 saturated heterocycles. The lowest BCUT2D eigenvalue weighted by Gasteiger charge is -2.24. The lowest BCUT2D eigenvalue weighted by Crippen LogP contribution is -2.39. The molecule has 0 aliphatic carbocycles. The van der Waals surface area contributed by atoms with Crippen molar-refractivity contribution in [2.75, 3.05) is 31.6 Å². The van der Waals surface area contributed by atoms with Gasteiger partial charge in [-0.25, -0.2) is 8.42 Å². The second-order valence-electron chi connectivity index (χ2n) is 8.34. The number of aryl methyl sites for hydroxylation is 2. The van der Waals surface area contributed by atoms with E-state index in [1.165, 1.54) is 16.4 Å². The lowest BCUT2D eigenvalue weighted by atomic mass is 10.1. The summed E-state index contributed by atoms with van der Waals surface area (Å²) < 4.78 is 39.2. The molecular formula is C24H32N2O5S. The fraction of sp³-hybridized carbons (Fsp3) is 0.458. The predicted octanol–water partition coefficient (Wildman–Crippen LogP) is 4.00. The lowest BCUT2D eigenvalue weighted by molar-refractivity contribution is -0.116. The van der Waals surface area contributed by atoms with Gasteiger partial charge in [-0.2, -0.15) is 4.31 Å². The number of carbonyl (C=O) groups is 1. The highest BCUT2D eigenvalue weighted by Crippen LogP contribution is 2.33. The largest absolute Gasteiger partial charge is 0.486 e. The van der Waals surface area contributed by atoms with Gasteiger partial charge in [0.1, 0.15) is 13.2 Å². The normalized spacial score (nSPS) is 13.4. The average Bonchev–Trinajstić information content (AvgIpc) is 2.77. The number of rotatable bonds is 9. The van der Waals surface area contributed by atoms with Crippen LogP contribution in [0.3, 0.4) is 0 Å². The van der Waals surface area contributed by atoms with E-state index in [0.29, 0.717) is 37.1 Å². The van der Waals surface area contributed by atoms with Gasteiger partial charge >= 0.3 is 0 Å². The number of nitrogens with one attached hydrogen (secondary N) is 1. The Kier molecular flexibility index (Phi) is 7.79. The number of carbonyl (C=O) groups excluding carboxylic acids is 1. The van der Waals surface area contributed by atoms with Crippen molar-refractivity contribution in [1.82, 2.24) is 4.31 Å². The molecule has 0 aromatic heterocycles. The molecule has 32 heavy (non-hydrogen) atoms. The molecule has 8 heteroatoms. The minimum Gasteiger partial charge on any atom is -0.486 e. The van der Waals surface area contributed by atoms with Crippen LogP contribution in [0.15, 0.2) is 41.3 Å². The number of sulfonamides is 1. The van der Waals surface area contributed by atoms with Crippen LogP contribution in [0.4, 0.5) is 5.69 Å². The summed E-state index contributed by atoms with van der Waals surface area (Å²) in [5.74, 6) is 0.851. The van der Waals surface area contributed by atoms with E-state index in [1.807, 2.05) is 45.9 Å². The van der Waals surface area contributed by atoms with Gasteiger partial charge < -0.3 is 14.8 Å². The van der Waals surface area contributed by atoms with Crippen molar-refractivity contribution in [3.8, 4) is 11.5 Å². The van der Waals surface area contributed by atoms with Crippen molar-refractivity contribution < 1.29 is 22.7 Å². The van der Waals surface area contributed by atoms with E-state index in [9.17, 15) is 13.2 Å². The number of anilines is 1. The van der Waals surface area contributed by atoms with Crippen molar-refractivity contribution in [2.24, 2.45) is 5.92 Å². The number of nitrogens with zero attached hydrogens (tertiary/aromatic N) is 1. The third-order valence-electron chi connectivity index (χ3n) is 5.43. The van der Waals surface area contributed by atoms with Crippen molar-refractivity contribution in [1.29, 1.82) is 0 Å². The van der Waals surface area contributed by atoms with Crippen LogP contribution < -0.4 is 14.8 Å². The highest BCUT2D eigenvalue weighted by atomic mass is 32.2. The van der Waals surface area contributed by atoms with Crippen LogP contribution in [-0.2, 0) is 21.2 Å². The molecule has 0 spiro atoms. The molecule has 1 aliphatic rings. The first kappa shape index (κ1) is 24.1. The van der Waals surface area contributed by atoms with Crippen LogP contribution in [0.1, 0.15) is 38.3 Å². The summed E-state index contributed by atoms with van der Waals surface area (Å²) in [6.07, 6.45) is 1.41. The Morgan fingerprint density at radius 3 is 2.53 bits per heavy atom. The molecule has 0 fully saturated rings. The Bertz CT molecular complexity index is 1070. The van der Waals surface area contributed by atoms with Gasteiger partial charge in [-0.1, -0.05) is 39.0 Å². The maximum Gasteiger partial charge on any atom is 0.243 e. The molecule has 0 bridgehead atoms. The van der Waals surface area contributed by atoms with E-state index in [1.54, 1.807) is 6.07 Å². The molecule has 1 N–H and O–H groups in total. The van der Waals surface area contributed by atoms with E-state index in [2.05, 4.69) is 5.32 Å². The summed E-state index contributed by atoms with van der Waals surface area (Å²) in [5.41, 5.74) is 2.71. The van der Waals surface area contributed by atoms with Gasteiger partial charge in [-0.3, -0.25) is 4.79 Å². The van der Waals surface area contributed by atoms with E-state index < -0.39 is 10.0 Å². The van der Waals surface area contributed by atoms with Gasteiger partial charge in [0.15, 0.2) is 11.5 Å². The second kappa shape index (κ2) is 10.4. The van der Waals surface area contributed by atoms with E-state index in [0.717, 1.165) is 23.2 Å². The number of amides is 1. The molecule has 174 valence electrons. The van der Waals surface area contributed by atoms with E-state index in [4.69, 9.17) is 9.47 Å². The molecule has 1 aliphatic heterocycles. The Morgan fingerprint density at radius 2 is 1.84 bits per heavy atom. The Labute approximate surface area is 190 Å². The fourth-order valence-corrected chi connectivity index (χ4v) is 4.99. The van der Waals surface area contributed by atoms with Crippen molar-refractivity contribution >= 4 is 21.6 Å². The van der Waals surface area contributed by atoms with Gasteiger partial charge in [0.2, 0.25) is 15.9 Å². The van der Waals surface area contributed by atoms with Crippen molar-refractivity contribution in [3.05, 3.63) is 47.5 Å². The standard InChI is InChI=1S/C24H32N2O5S/c1-5-19-8-6-7-18(4)24(19)25-23(27)16-26(12-11-17(2)3)32(28,29)20-9-10-21-22(15-20)31-14-13-30-21/h6-10,15,17H,5,11-14,16H2,1-4H3,(H,25,27). The van der Waals surface area contributed by atoms with Crippen LogP contribution in [0, 0.1) is 12.8 Å². The number of hydrogen-bond donors (Lipinski definition) is 1. The summed E-state index contributed by atoms with van der Waals surface area (Å²) in [5, 5.41) is 2.93. The van der Waals surface area contributed by atoms with Crippen molar-refractivity contribution in [2.45, 2.75) is 45.4 Å². The molecular weight excluding hydrogens is 428 g/mol. The molecule has 1 heterocycles. The summed E-state index contributed by atoms with van der Waals surface area (Å²) in [6, 6.07) is 10.4. The van der Waals surface area contributed by atoms with Gasteiger partial charge in [0.05, 0.1) is 11.4 Å². The van der Waals surface area contributed by atoms with Crippen LogP contribution in [0.25, 0.3) is 0 Å². The molecule has 0 unspecified atom stereocenters. The van der Waals surface area contributed by atoms with E-state index >= 15 is 0 Å². The minimum absolute atomic E-state index is 0.0865. The zero-order chi connectivity index (χ0) is 23.3. The molecule has 0 saturated carbocycles. The molecule has 0 radical (unpaired) electrons. The quantitative estimate of drug-likeness (QED) is 0.611. The van der Waals surface area contributed by atoms with Gasteiger partial charge in [-0.15, -0.1) is 0 Å². The first-order valence-corrected chi connectivity index (χ1v) is 12.4. The topological polar surface area (TPSA) is 84.9 Å². The highest BCUT2D eigenvalue weighted by Gasteiger charge is 2.28. The summed E-state index contributed by atoms with van der Waals surface area (Å²) >= 11 is 0. The average molecular weight is 461 g/mol. The SMILES string of the molecule is CCc1cccc(C)c1NC(=O)CN(CCC(C)C)S(=O)(=O)c1ccc2c(c1)OCCO2. The first-order valence-electron chi connectivity index (χ1n) is 11.0. The maximum absolute atomic E-state index is 13.5. The van der Waals surface area contributed by atoms with E-state index in [-0.39, 0.29) is 23.9 Å². The first-order chi connectivity index (χ1) is 15.2. The number of hydrogen-bond acceptors (Lipinski definition) is 5. The Morgan fingerprint density at radius 1 is 1.12 bits per heavy atom. The maximum atomic E-state index is 13.5. The highest BCUT2D eigenvalue weighted by molar-refractivity contribution is 7.89. The number of fused-ring (bicyclic) bond motifs is 1. The molecule has 3 rings (SSSR count). The minimum atomic E-state index is -3.91. The van der Waals surface area contributed by atoms with Gasteiger partial charge in [-0.05, 0) is 48.9 Å². The zero-order valence-corrected chi connectivity index (χ0v) is 20.0. The van der Waals surface area contributed by atoms with Crippen LogP contribution in [0.2, 0.25) is 0 Å². The molecule has 1 amide bonds. The van der Waals surface area contributed by atoms with Crippen LogP contribution in [0.5, 0.6) is 11.5 Å². The number of benzene rings is 2. The third-order valence-corrected chi connectivity index (χ3v) is 7.27. The zero-order valence-electron chi connectivity index (χ0n) is 19.2. The summed E-state index contributed by atoms with van der Waals surface area (Å²) in [7, 11) is -3.91. The third kappa shape index (κ3) is 5.61. The van der Waals surface area contributed by atoms with Crippen LogP contribution in [-0.4, -0.2) is 44.9 Å². The number of ether oxygens (including phenoxy) is 2. The molecule has 2 aromatic rings. The number of para-hydroxylation sites is 1. The smallest absolute Gasteiger partial charge is 0.243 e. The van der Waals surface area contributed by atoms with Gasteiger partial charge in [0, 0.05) is 18.3 Å². The second-order valence-corrected chi connectivity index (χ2v) is 10.3. The molecule has 7 nitrogen and oxygen atoms in total. The molecule has 2 aromatic carbocycles. The Hall–Kier alpha value is -2.58. The van der Waals surface area contributed by atoms with Crippen LogP contribution >= 0.6 is 0 Å². The van der Waals surface area contributed by atoms with Gasteiger partial charge in [0.25, 0.3) is 0 Å². The summed E-state index contributed by atoms with van der Waals surface area (Å²) in [4.78, 5) is 13.0. The monoisotopic (exact) mass is 460 g/mol. The predicted molar refractivity (Wildman–Crippen MR) is 125 cm³/mol. The van der Waals surface area contributed by atoms with Crippen molar-refractivity contribution in [3.63, 3.8) is 0 Å². The fourth-order valence-electron chi connectivity index (χ4n) is 3.56. The Balaban J connectivity index is 1.85. The summed E-state index contributed by atoms with van der Waals surface area (Å²) in [6.45, 7) is 8.77. The molecule has 0 atom stereocenters.